The fraction of sp³-hybridized carbons (Fsp3) is 0.167. The van der Waals surface area contributed by atoms with Gasteiger partial charge in [-0.25, -0.2) is 23.2 Å². The van der Waals surface area contributed by atoms with Crippen molar-refractivity contribution in [2.45, 2.75) is 13.1 Å². The van der Waals surface area contributed by atoms with Crippen molar-refractivity contribution in [2.24, 2.45) is 5.73 Å². The molecule has 29 heavy (non-hydrogen) atoms. The van der Waals surface area contributed by atoms with Gasteiger partial charge in [0.25, 0.3) is 0 Å². The van der Waals surface area contributed by atoms with Crippen LogP contribution < -0.4 is 17.2 Å². The number of rotatable bonds is 6. The highest BCUT2D eigenvalue weighted by Crippen LogP contribution is 2.24. The number of halogens is 2. The normalized spacial score (nSPS) is 11.7. The zero-order valence-electron chi connectivity index (χ0n) is 15.0. The molecular weight excluding hydrogens is 421 g/mol. The smallest absolute Gasteiger partial charge is 0.407 e. The van der Waals surface area contributed by atoms with Gasteiger partial charge in [-0.2, -0.15) is 5.10 Å². The molecule has 11 heteroatoms. The summed E-state index contributed by atoms with van der Waals surface area (Å²) in [6, 6.07) is 10.8. The second kappa shape index (κ2) is 8.60. The molecule has 4 aromatic rings. The van der Waals surface area contributed by atoms with Gasteiger partial charge in [0, 0.05) is 11.4 Å². The van der Waals surface area contributed by atoms with E-state index in [0.717, 1.165) is 9.56 Å². The molecule has 0 atom stereocenters. The van der Waals surface area contributed by atoms with Crippen molar-refractivity contribution < 1.29 is 8.81 Å². The summed E-state index contributed by atoms with van der Waals surface area (Å²) in [6.07, 6.45) is 1.79. The number of aromatic nitrogens is 4. The first-order chi connectivity index (χ1) is 13.6. The van der Waals surface area contributed by atoms with Crippen LogP contribution in [0.25, 0.3) is 16.1 Å². The summed E-state index contributed by atoms with van der Waals surface area (Å²) < 4.78 is 22.0. The first-order valence-electron chi connectivity index (χ1n) is 8.41. The van der Waals surface area contributed by atoms with Crippen molar-refractivity contribution in [3.63, 3.8) is 0 Å². The molecule has 0 bridgehead atoms. The molecule has 0 saturated heterocycles. The molecule has 2 N–H and O–H groups in total. The minimum atomic E-state index is -0.466. The van der Waals surface area contributed by atoms with E-state index in [1.807, 2.05) is 18.2 Å². The van der Waals surface area contributed by atoms with E-state index in [4.69, 9.17) is 10.2 Å². The Morgan fingerprint density at radius 3 is 2.79 bits per heavy atom. The van der Waals surface area contributed by atoms with Crippen LogP contribution in [0.1, 0.15) is 4.88 Å². The summed E-state index contributed by atoms with van der Waals surface area (Å²) in [7, 11) is 0. The van der Waals surface area contributed by atoms with Crippen molar-refractivity contribution in [3.05, 3.63) is 80.5 Å². The molecule has 3 aromatic heterocycles. The molecule has 0 aliphatic rings. The Morgan fingerprint density at radius 1 is 1.24 bits per heavy atom. The van der Waals surface area contributed by atoms with E-state index in [1.165, 1.54) is 26.8 Å². The summed E-state index contributed by atoms with van der Waals surface area (Å²) in [6.45, 7) is 0.299. The molecule has 0 aliphatic carbocycles. The fourth-order valence-electron chi connectivity index (χ4n) is 2.84. The van der Waals surface area contributed by atoms with Crippen LogP contribution in [0.15, 0.2) is 68.6 Å². The summed E-state index contributed by atoms with van der Waals surface area (Å²) in [5.41, 5.74) is 6.52. The van der Waals surface area contributed by atoms with Gasteiger partial charge >= 0.3 is 11.4 Å². The number of nitrogens with two attached hydrogens (primary N) is 1. The minimum Gasteiger partial charge on any atom is -0.407 e. The average Bonchev–Trinajstić information content (AvgIpc) is 3.38. The predicted molar refractivity (Wildman–Crippen MR) is 111 cm³/mol. The minimum absolute atomic E-state index is 0. The molecule has 0 fully saturated rings. The maximum absolute atomic E-state index is 12.7. The van der Waals surface area contributed by atoms with Crippen LogP contribution in [0.5, 0.6) is 0 Å². The Labute approximate surface area is 173 Å². The number of para-hydroxylation sites is 2. The molecule has 4 rings (SSSR count). The van der Waals surface area contributed by atoms with Crippen LogP contribution in [0.3, 0.4) is 0 Å². The van der Waals surface area contributed by atoms with E-state index in [9.17, 15) is 14.0 Å². The number of nitrogens with zero attached hydrogens (tertiary/aromatic N) is 4. The number of thiophene rings is 1. The van der Waals surface area contributed by atoms with E-state index in [0.29, 0.717) is 22.4 Å². The summed E-state index contributed by atoms with van der Waals surface area (Å²) in [5, 5.41) is 4.69. The van der Waals surface area contributed by atoms with E-state index >= 15 is 0 Å². The Morgan fingerprint density at radius 2 is 2.03 bits per heavy atom. The van der Waals surface area contributed by atoms with Crippen molar-refractivity contribution in [1.29, 1.82) is 0 Å². The highest BCUT2D eigenvalue weighted by molar-refractivity contribution is 7.14. The van der Waals surface area contributed by atoms with E-state index < -0.39 is 5.76 Å². The van der Waals surface area contributed by atoms with Gasteiger partial charge in [-0.1, -0.05) is 12.1 Å². The standard InChI is InChI=1S/C18H16FN5O3S.ClH/c19-7-12(8-20)9-23-17(25)22(11-21-23)10-13-5-6-16(28-13)24-14-3-1-2-4-15(14)27-18(24)26;/h1-7,11H,8-10,20H2;1H/b12-7+;. The first-order valence-corrected chi connectivity index (χ1v) is 9.22. The second-order valence-electron chi connectivity index (χ2n) is 6.08. The third-order valence-electron chi connectivity index (χ3n) is 4.25. The molecule has 1 aromatic carbocycles. The lowest BCUT2D eigenvalue weighted by Gasteiger charge is -2.01. The molecule has 8 nitrogen and oxygen atoms in total. The lowest BCUT2D eigenvalue weighted by molar-refractivity contribution is 0.541. The van der Waals surface area contributed by atoms with Crippen LogP contribution in [0.4, 0.5) is 4.39 Å². The number of hydrogen-bond acceptors (Lipinski definition) is 6. The Balaban J connectivity index is 0.00000240. The predicted octanol–water partition coefficient (Wildman–Crippen LogP) is 2.29. The van der Waals surface area contributed by atoms with Crippen molar-refractivity contribution in [2.75, 3.05) is 6.54 Å². The lowest BCUT2D eigenvalue weighted by atomic mass is 10.3. The molecule has 0 spiro atoms. The zero-order valence-corrected chi connectivity index (χ0v) is 16.7. The molecule has 0 amide bonds. The van der Waals surface area contributed by atoms with Gasteiger partial charge in [0.1, 0.15) is 11.3 Å². The van der Waals surface area contributed by atoms with E-state index in [1.54, 1.807) is 18.2 Å². The fourth-order valence-corrected chi connectivity index (χ4v) is 3.85. The molecule has 0 unspecified atom stereocenters. The van der Waals surface area contributed by atoms with Gasteiger partial charge in [0.05, 0.1) is 24.9 Å². The first kappa shape index (κ1) is 20.8. The number of hydrogen-bond donors (Lipinski definition) is 1. The van der Waals surface area contributed by atoms with Gasteiger partial charge in [-0.3, -0.25) is 4.57 Å². The van der Waals surface area contributed by atoms with Crippen LogP contribution in [-0.4, -0.2) is 25.5 Å². The van der Waals surface area contributed by atoms with E-state index in [-0.39, 0.29) is 43.3 Å². The number of fused-ring (bicyclic) bond motifs is 1. The van der Waals surface area contributed by atoms with Crippen molar-refractivity contribution in [3.8, 4) is 5.00 Å². The third-order valence-corrected chi connectivity index (χ3v) is 5.30. The average molecular weight is 438 g/mol. The molecule has 152 valence electrons. The third kappa shape index (κ3) is 3.95. The molecule has 0 aliphatic heterocycles. The molecule has 0 radical (unpaired) electrons. The summed E-state index contributed by atoms with van der Waals surface area (Å²) in [5.74, 6) is -0.466. The number of benzene rings is 1. The Bertz CT molecular complexity index is 1280. The quantitative estimate of drug-likeness (QED) is 0.498. The maximum Gasteiger partial charge on any atom is 0.425 e. The molecule has 0 saturated carbocycles. The maximum atomic E-state index is 12.7. The SMILES string of the molecule is Cl.NC/C(=C\F)Cn1ncn(Cc2ccc(-n3c(=O)oc4ccccc43)s2)c1=O. The molecule has 3 heterocycles. The zero-order chi connectivity index (χ0) is 19.7. The van der Waals surface area contributed by atoms with Crippen molar-refractivity contribution in [1.82, 2.24) is 18.9 Å². The van der Waals surface area contributed by atoms with Crippen LogP contribution >= 0.6 is 23.7 Å². The lowest BCUT2D eigenvalue weighted by Crippen LogP contribution is -2.26. The van der Waals surface area contributed by atoms with Crippen molar-refractivity contribution >= 4 is 34.8 Å². The van der Waals surface area contributed by atoms with Crippen LogP contribution in [0, 0.1) is 0 Å². The second-order valence-corrected chi connectivity index (χ2v) is 7.23. The van der Waals surface area contributed by atoms with Gasteiger partial charge in [0.15, 0.2) is 5.58 Å². The van der Waals surface area contributed by atoms with Crippen LogP contribution in [0.2, 0.25) is 0 Å². The van der Waals surface area contributed by atoms with Gasteiger partial charge < -0.3 is 10.2 Å². The number of oxazole rings is 1. The Kier molecular flexibility index (Phi) is 6.16. The summed E-state index contributed by atoms with van der Waals surface area (Å²) in [4.78, 5) is 25.5. The highest BCUT2D eigenvalue weighted by atomic mass is 35.5. The Hall–Kier alpha value is -2.95. The van der Waals surface area contributed by atoms with Gasteiger partial charge in [0.2, 0.25) is 0 Å². The molecular formula is C18H17ClFN5O3S. The summed E-state index contributed by atoms with van der Waals surface area (Å²) >= 11 is 1.37. The van der Waals surface area contributed by atoms with Crippen LogP contribution in [-0.2, 0) is 13.1 Å². The largest absolute Gasteiger partial charge is 0.425 e. The highest BCUT2D eigenvalue weighted by Gasteiger charge is 2.14. The van der Waals surface area contributed by atoms with E-state index in [2.05, 4.69) is 5.10 Å². The van der Waals surface area contributed by atoms with Gasteiger partial charge in [-0.15, -0.1) is 23.7 Å². The monoisotopic (exact) mass is 437 g/mol. The van der Waals surface area contributed by atoms with Gasteiger partial charge in [-0.05, 0) is 29.8 Å². The topological polar surface area (TPSA) is 101 Å².